The predicted molar refractivity (Wildman–Crippen MR) is 123 cm³/mol. The molecular formula is C22H20BrN3O4S. The van der Waals surface area contributed by atoms with E-state index in [1.165, 1.54) is 7.11 Å². The zero-order valence-corrected chi connectivity index (χ0v) is 19.3. The van der Waals surface area contributed by atoms with Gasteiger partial charge in [-0.1, -0.05) is 30.0 Å². The van der Waals surface area contributed by atoms with Gasteiger partial charge in [-0.25, -0.2) is 0 Å². The average Bonchev–Trinajstić information content (AvgIpc) is 2.75. The predicted octanol–water partition coefficient (Wildman–Crippen LogP) is 4.18. The van der Waals surface area contributed by atoms with Crippen molar-refractivity contribution >= 4 is 45.2 Å². The van der Waals surface area contributed by atoms with Gasteiger partial charge in [-0.15, -0.1) is 0 Å². The second-order valence-electron chi connectivity index (χ2n) is 6.86. The topological polar surface area (TPSA) is 111 Å². The Balaban J connectivity index is 1.83. The number of phenolic OH excluding ortho intramolecular Hbond substituents is 1. The molecule has 0 aliphatic carbocycles. The number of halogens is 1. The highest BCUT2D eigenvalue weighted by Crippen LogP contribution is 2.42. The van der Waals surface area contributed by atoms with Crippen molar-refractivity contribution in [3.8, 4) is 17.6 Å². The van der Waals surface area contributed by atoms with Crippen molar-refractivity contribution in [3.63, 3.8) is 0 Å². The van der Waals surface area contributed by atoms with E-state index in [2.05, 4.69) is 32.6 Å². The number of amides is 2. The highest BCUT2D eigenvalue weighted by Gasteiger charge is 2.31. The standard InChI is InChI=1S/C22H20BrN3O4S/c1-12-5-3-4-6-17(12)25-20(28)11-31-22-15(10-24)14(9-19(27)26-22)13-7-16(23)21(29)18(8-13)30-2/h3-8,14,29H,9,11H2,1-2H3,(H,25,28)(H,26,27)/t14-/m1/s1. The maximum atomic E-state index is 12.4. The van der Waals surface area contributed by atoms with E-state index in [0.29, 0.717) is 26.3 Å². The van der Waals surface area contributed by atoms with Gasteiger partial charge in [0.05, 0.1) is 34.0 Å². The molecule has 0 radical (unpaired) electrons. The van der Waals surface area contributed by atoms with Gasteiger partial charge in [0.25, 0.3) is 0 Å². The van der Waals surface area contributed by atoms with E-state index < -0.39 is 5.92 Å². The van der Waals surface area contributed by atoms with Crippen molar-refractivity contribution in [1.82, 2.24) is 5.32 Å². The van der Waals surface area contributed by atoms with Gasteiger partial charge in [0.2, 0.25) is 11.8 Å². The molecule has 0 unspecified atom stereocenters. The number of hydrogen-bond acceptors (Lipinski definition) is 6. The van der Waals surface area contributed by atoms with Gasteiger partial charge >= 0.3 is 0 Å². The Labute approximate surface area is 192 Å². The molecule has 1 heterocycles. The number of nitriles is 1. The maximum Gasteiger partial charge on any atom is 0.234 e. The molecule has 1 aliphatic rings. The summed E-state index contributed by atoms with van der Waals surface area (Å²) in [5.74, 6) is -0.810. The Morgan fingerprint density at radius 2 is 2.16 bits per heavy atom. The van der Waals surface area contributed by atoms with Crippen LogP contribution in [0.5, 0.6) is 11.5 Å². The molecule has 31 heavy (non-hydrogen) atoms. The van der Waals surface area contributed by atoms with Crippen molar-refractivity contribution in [2.24, 2.45) is 0 Å². The first kappa shape index (κ1) is 22.7. The number of nitrogens with one attached hydrogen (secondary N) is 2. The van der Waals surface area contributed by atoms with Gasteiger partial charge in [-0.3, -0.25) is 9.59 Å². The molecule has 3 rings (SSSR count). The van der Waals surface area contributed by atoms with Crippen LogP contribution < -0.4 is 15.4 Å². The molecule has 0 saturated heterocycles. The third kappa shape index (κ3) is 5.21. The molecule has 1 aliphatic heterocycles. The highest BCUT2D eigenvalue weighted by atomic mass is 79.9. The van der Waals surface area contributed by atoms with Crippen LogP contribution in [0, 0.1) is 18.3 Å². The lowest BCUT2D eigenvalue weighted by molar-refractivity contribution is -0.121. The first-order valence-electron chi connectivity index (χ1n) is 9.32. The Bertz CT molecular complexity index is 1110. The summed E-state index contributed by atoms with van der Waals surface area (Å²) < 4.78 is 5.59. The summed E-state index contributed by atoms with van der Waals surface area (Å²) in [6.45, 7) is 1.90. The van der Waals surface area contributed by atoms with Crippen molar-refractivity contribution < 1.29 is 19.4 Å². The number of phenols is 1. The van der Waals surface area contributed by atoms with Crippen molar-refractivity contribution in [3.05, 3.63) is 62.6 Å². The van der Waals surface area contributed by atoms with Crippen LogP contribution in [0.3, 0.4) is 0 Å². The van der Waals surface area contributed by atoms with Gasteiger partial charge in [0.1, 0.15) is 0 Å². The molecule has 3 N–H and O–H groups in total. The van der Waals surface area contributed by atoms with Crippen LogP contribution in [0.15, 0.2) is 51.5 Å². The molecule has 0 bridgehead atoms. The number of hydrogen-bond donors (Lipinski definition) is 3. The van der Waals surface area contributed by atoms with Gasteiger partial charge in [-0.2, -0.15) is 5.26 Å². The average molecular weight is 502 g/mol. The van der Waals surface area contributed by atoms with Crippen LogP contribution in [0.25, 0.3) is 0 Å². The van der Waals surface area contributed by atoms with Crippen LogP contribution in [0.2, 0.25) is 0 Å². The summed E-state index contributed by atoms with van der Waals surface area (Å²) in [6, 6.07) is 12.9. The van der Waals surface area contributed by atoms with Gasteiger partial charge in [0.15, 0.2) is 11.5 Å². The summed E-state index contributed by atoms with van der Waals surface area (Å²) >= 11 is 4.38. The number of benzene rings is 2. The number of allylic oxidation sites excluding steroid dienone is 1. The van der Waals surface area contributed by atoms with Crippen molar-refractivity contribution in [2.45, 2.75) is 19.3 Å². The number of carbonyl (C=O) groups is 2. The number of rotatable bonds is 6. The van der Waals surface area contributed by atoms with Crippen LogP contribution in [0.4, 0.5) is 5.69 Å². The molecule has 7 nitrogen and oxygen atoms in total. The summed E-state index contributed by atoms with van der Waals surface area (Å²) in [4.78, 5) is 24.7. The molecule has 0 aromatic heterocycles. The lowest BCUT2D eigenvalue weighted by atomic mass is 9.87. The Morgan fingerprint density at radius 3 is 2.84 bits per heavy atom. The zero-order chi connectivity index (χ0) is 22.5. The van der Waals surface area contributed by atoms with E-state index in [0.717, 1.165) is 17.3 Å². The molecule has 0 fully saturated rings. The van der Waals surface area contributed by atoms with Crippen molar-refractivity contribution in [2.75, 3.05) is 18.2 Å². The van der Waals surface area contributed by atoms with E-state index in [-0.39, 0.29) is 35.5 Å². The van der Waals surface area contributed by atoms with Crippen LogP contribution in [-0.4, -0.2) is 29.8 Å². The number of aryl methyl sites for hydroxylation is 1. The van der Waals surface area contributed by atoms with E-state index in [1.54, 1.807) is 12.1 Å². The summed E-state index contributed by atoms with van der Waals surface area (Å²) in [6.07, 6.45) is 0.0722. The fourth-order valence-electron chi connectivity index (χ4n) is 3.21. The minimum atomic E-state index is -0.522. The molecule has 160 valence electrons. The smallest absolute Gasteiger partial charge is 0.234 e. The monoisotopic (exact) mass is 501 g/mol. The van der Waals surface area contributed by atoms with Gasteiger partial charge < -0.3 is 20.5 Å². The zero-order valence-electron chi connectivity index (χ0n) is 16.9. The van der Waals surface area contributed by atoms with E-state index in [1.807, 2.05) is 31.2 Å². The second kappa shape index (κ2) is 9.90. The van der Waals surface area contributed by atoms with E-state index in [4.69, 9.17) is 4.74 Å². The lowest BCUT2D eigenvalue weighted by Gasteiger charge is -2.25. The van der Waals surface area contributed by atoms with Gasteiger partial charge in [-0.05, 0) is 52.2 Å². The largest absolute Gasteiger partial charge is 0.503 e. The minimum absolute atomic E-state index is 0.0322. The fourth-order valence-corrected chi connectivity index (χ4v) is 4.54. The second-order valence-corrected chi connectivity index (χ2v) is 8.70. The van der Waals surface area contributed by atoms with E-state index >= 15 is 0 Å². The first-order chi connectivity index (χ1) is 14.8. The molecule has 1 atom stereocenters. The lowest BCUT2D eigenvalue weighted by Crippen LogP contribution is -2.31. The number of methoxy groups -OCH3 is 1. The normalized spacial score (nSPS) is 15.8. The van der Waals surface area contributed by atoms with Crippen molar-refractivity contribution in [1.29, 1.82) is 5.26 Å². The highest BCUT2D eigenvalue weighted by molar-refractivity contribution is 9.10. The molecule has 2 amide bonds. The third-order valence-corrected chi connectivity index (χ3v) is 6.42. The van der Waals surface area contributed by atoms with Gasteiger partial charge in [0, 0.05) is 18.0 Å². The number of ether oxygens (including phenoxy) is 1. The van der Waals surface area contributed by atoms with E-state index in [9.17, 15) is 20.0 Å². The summed E-state index contributed by atoms with van der Waals surface area (Å²) in [7, 11) is 1.42. The molecule has 0 spiro atoms. The molecule has 0 saturated carbocycles. The third-order valence-electron chi connectivity index (χ3n) is 4.80. The Morgan fingerprint density at radius 1 is 1.42 bits per heavy atom. The van der Waals surface area contributed by atoms with Crippen LogP contribution >= 0.6 is 27.7 Å². The number of aromatic hydroxyl groups is 1. The number of nitrogens with zero attached hydrogens (tertiary/aromatic N) is 1. The number of para-hydroxylation sites is 1. The summed E-state index contributed by atoms with van der Waals surface area (Å²) in [5.41, 5.74) is 2.66. The number of anilines is 1. The van der Waals surface area contributed by atoms with Crippen LogP contribution in [-0.2, 0) is 9.59 Å². The SMILES string of the molecule is COc1cc([C@H]2CC(=O)NC(SCC(=O)Nc3ccccc3C)=C2C#N)cc(Br)c1O. The fraction of sp³-hybridized carbons (Fsp3) is 0.227. The molecule has 2 aromatic carbocycles. The Hall–Kier alpha value is -2.96. The maximum absolute atomic E-state index is 12.4. The molecular weight excluding hydrogens is 482 g/mol. The van der Waals surface area contributed by atoms with Crippen LogP contribution in [0.1, 0.15) is 23.5 Å². The molecule has 9 heteroatoms. The summed E-state index contributed by atoms with van der Waals surface area (Å²) in [5, 5.41) is 25.8. The quantitative estimate of drug-likeness (QED) is 0.547. The molecule has 2 aromatic rings. The first-order valence-corrected chi connectivity index (χ1v) is 11.1. The minimum Gasteiger partial charge on any atom is -0.503 e. The Kier molecular flexibility index (Phi) is 7.25. The number of thioether (sulfide) groups is 1. The number of carbonyl (C=O) groups excluding carboxylic acids is 2.